The zero-order valence-electron chi connectivity index (χ0n) is 14.8. The number of nitrogens with zero attached hydrogens (tertiary/aromatic N) is 1. The fourth-order valence-electron chi connectivity index (χ4n) is 2.86. The highest BCUT2D eigenvalue weighted by Crippen LogP contribution is 2.19. The summed E-state index contributed by atoms with van der Waals surface area (Å²) in [5.74, 6) is -0.395. The van der Waals surface area contributed by atoms with Crippen LogP contribution in [0.4, 0.5) is 4.79 Å². The summed E-state index contributed by atoms with van der Waals surface area (Å²) in [6.45, 7) is 5.03. The van der Waals surface area contributed by atoms with Crippen LogP contribution >= 0.6 is 11.6 Å². The van der Waals surface area contributed by atoms with Gasteiger partial charge in [-0.05, 0) is 38.1 Å². The summed E-state index contributed by atoms with van der Waals surface area (Å²) in [6.07, 6.45) is 0.614. The fourth-order valence-corrected chi connectivity index (χ4v) is 3.07. The molecule has 2 rings (SSSR count). The first-order valence-electron chi connectivity index (χ1n) is 8.35. The molecule has 0 saturated carbocycles. The Morgan fingerprint density at radius 1 is 1.32 bits per heavy atom. The van der Waals surface area contributed by atoms with Crippen molar-refractivity contribution in [3.63, 3.8) is 0 Å². The molecule has 2 amide bonds. The molecular weight excluding hydrogens is 342 g/mol. The minimum absolute atomic E-state index is 0.290. The second kappa shape index (κ2) is 8.87. The first-order chi connectivity index (χ1) is 11.9. The second-order valence-corrected chi connectivity index (χ2v) is 6.41. The van der Waals surface area contributed by atoms with Crippen molar-refractivity contribution in [2.24, 2.45) is 0 Å². The van der Waals surface area contributed by atoms with Gasteiger partial charge in [-0.2, -0.15) is 0 Å². The smallest absolute Gasteiger partial charge is 0.337 e. The third-order valence-corrected chi connectivity index (χ3v) is 4.15. The van der Waals surface area contributed by atoms with E-state index in [1.165, 1.54) is 0 Å². The van der Waals surface area contributed by atoms with Crippen molar-refractivity contribution in [3.8, 4) is 0 Å². The summed E-state index contributed by atoms with van der Waals surface area (Å²) in [5, 5.41) is 6.21. The third kappa shape index (κ3) is 5.21. The number of amides is 2. The number of ether oxygens (including phenoxy) is 1. The summed E-state index contributed by atoms with van der Waals surface area (Å²) in [4.78, 5) is 26.3. The van der Waals surface area contributed by atoms with Gasteiger partial charge in [0.1, 0.15) is 0 Å². The van der Waals surface area contributed by atoms with Crippen molar-refractivity contribution in [2.75, 3.05) is 20.2 Å². The Kier molecular flexibility index (Phi) is 6.84. The molecule has 0 aliphatic carbocycles. The number of carbonyl (C=O) groups excluding carboxylic acids is 2. The molecule has 1 heterocycles. The summed E-state index contributed by atoms with van der Waals surface area (Å²) in [5.41, 5.74) is 2.13. The van der Waals surface area contributed by atoms with Gasteiger partial charge in [0, 0.05) is 23.8 Å². The van der Waals surface area contributed by atoms with E-state index in [1.807, 2.05) is 43.1 Å². The summed E-state index contributed by atoms with van der Waals surface area (Å²) in [7, 11) is 1.92. The van der Waals surface area contributed by atoms with Crippen molar-refractivity contribution in [1.82, 2.24) is 15.5 Å². The molecule has 0 fully saturated rings. The number of esters is 1. The average Bonchev–Trinajstić information content (AvgIpc) is 2.54. The first kappa shape index (κ1) is 19.3. The van der Waals surface area contributed by atoms with Crippen LogP contribution in [0.2, 0.25) is 5.02 Å². The Balaban J connectivity index is 2.21. The lowest BCUT2D eigenvalue weighted by atomic mass is 10.00. The monoisotopic (exact) mass is 365 g/mol. The van der Waals surface area contributed by atoms with Crippen LogP contribution < -0.4 is 10.6 Å². The summed E-state index contributed by atoms with van der Waals surface area (Å²) >= 11 is 6.02. The highest BCUT2D eigenvalue weighted by atomic mass is 35.5. The van der Waals surface area contributed by atoms with Crippen LogP contribution in [-0.2, 0) is 16.1 Å². The number of hydrogen-bond donors (Lipinski definition) is 2. The highest BCUT2D eigenvalue weighted by Gasteiger charge is 2.31. The standard InChI is InChI=1S/C18H24ClN3O3/c1-4-14-16(17(23)25-5-2)15(21-18(24)20-14)11-22(3)10-12-7-6-8-13(19)9-12/h6-9,14H,4-5,10-11H2,1-3H3,(H2,20,21,24)/t14-/m0/s1. The number of benzene rings is 1. The van der Waals surface area contributed by atoms with E-state index in [-0.39, 0.29) is 12.1 Å². The topological polar surface area (TPSA) is 70.7 Å². The van der Waals surface area contributed by atoms with Gasteiger partial charge >= 0.3 is 12.0 Å². The predicted octanol–water partition coefficient (Wildman–Crippen LogP) is 2.68. The minimum Gasteiger partial charge on any atom is -0.463 e. The van der Waals surface area contributed by atoms with Crippen LogP contribution in [0, 0.1) is 0 Å². The van der Waals surface area contributed by atoms with Gasteiger partial charge in [0.15, 0.2) is 0 Å². The van der Waals surface area contributed by atoms with E-state index in [1.54, 1.807) is 6.92 Å². The quantitative estimate of drug-likeness (QED) is 0.729. The number of hydrogen-bond acceptors (Lipinski definition) is 4. The Labute approximate surface area is 153 Å². The van der Waals surface area contributed by atoms with E-state index in [0.717, 1.165) is 5.56 Å². The molecule has 1 aromatic carbocycles. The van der Waals surface area contributed by atoms with Crippen molar-refractivity contribution >= 4 is 23.6 Å². The van der Waals surface area contributed by atoms with Crippen LogP contribution in [0.5, 0.6) is 0 Å². The normalized spacial score (nSPS) is 17.3. The molecule has 1 atom stereocenters. The van der Waals surface area contributed by atoms with E-state index in [9.17, 15) is 9.59 Å². The molecule has 0 saturated heterocycles. The molecule has 7 heteroatoms. The van der Waals surface area contributed by atoms with Gasteiger partial charge in [0.05, 0.1) is 18.2 Å². The van der Waals surface area contributed by atoms with Gasteiger partial charge in [-0.1, -0.05) is 30.7 Å². The zero-order chi connectivity index (χ0) is 18.4. The maximum Gasteiger partial charge on any atom is 0.337 e. The van der Waals surface area contributed by atoms with Gasteiger partial charge in [-0.25, -0.2) is 9.59 Å². The van der Waals surface area contributed by atoms with Crippen molar-refractivity contribution in [1.29, 1.82) is 0 Å². The van der Waals surface area contributed by atoms with Crippen LogP contribution in [0.15, 0.2) is 35.5 Å². The maximum absolute atomic E-state index is 12.4. The molecule has 1 aromatic rings. The average molecular weight is 366 g/mol. The lowest BCUT2D eigenvalue weighted by Crippen LogP contribution is -2.51. The van der Waals surface area contributed by atoms with Gasteiger partial charge in [0.25, 0.3) is 0 Å². The van der Waals surface area contributed by atoms with Crippen LogP contribution in [0.3, 0.4) is 0 Å². The third-order valence-electron chi connectivity index (χ3n) is 3.92. The predicted molar refractivity (Wildman–Crippen MR) is 97.2 cm³/mol. The fraction of sp³-hybridized carbons (Fsp3) is 0.444. The maximum atomic E-state index is 12.4. The largest absolute Gasteiger partial charge is 0.463 e. The van der Waals surface area contributed by atoms with Gasteiger partial charge in [-0.3, -0.25) is 4.90 Å². The Morgan fingerprint density at radius 3 is 2.72 bits per heavy atom. The van der Waals surface area contributed by atoms with E-state index < -0.39 is 5.97 Å². The summed E-state index contributed by atoms with van der Waals surface area (Å²) < 4.78 is 5.17. The Hall–Kier alpha value is -2.05. The van der Waals surface area contributed by atoms with Gasteiger partial charge < -0.3 is 15.4 Å². The highest BCUT2D eigenvalue weighted by molar-refractivity contribution is 6.30. The first-order valence-corrected chi connectivity index (χ1v) is 8.73. The lowest BCUT2D eigenvalue weighted by Gasteiger charge is -2.30. The van der Waals surface area contributed by atoms with E-state index in [4.69, 9.17) is 16.3 Å². The molecular formula is C18H24ClN3O3. The van der Waals surface area contributed by atoms with E-state index in [0.29, 0.717) is 42.4 Å². The number of halogens is 1. The number of urea groups is 1. The number of nitrogens with one attached hydrogen (secondary N) is 2. The molecule has 25 heavy (non-hydrogen) atoms. The second-order valence-electron chi connectivity index (χ2n) is 5.97. The van der Waals surface area contributed by atoms with E-state index in [2.05, 4.69) is 10.6 Å². The zero-order valence-corrected chi connectivity index (χ0v) is 15.5. The Morgan fingerprint density at radius 2 is 2.08 bits per heavy atom. The minimum atomic E-state index is -0.395. The molecule has 0 aromatic heterocycles. The van der Waals surface area contributed by atoms with Crippen LogP contribution in [0.1, 0.15) is 25.8 Å². The molecule has 0 bridgehead atoms. The molecule has 0 spiro atoms. The van der Waals surface area contributed by atoms with Crippen molar-refractivity contribution in [3.05, 3.63) is 46.1 Å². The number of carbonyl (C=O) groups is 2. The van der Waals surface area contributed by atoms with Gasteiger partial charge in [-0.15, -0.1) is 0 Å². The molecule has 2 N–H and O–H groups in total. The SMILES string of the molecule is CCOC(=O)C1=C(CN(C)Cc2cccc(Cl)c2)NC(=O)N[C@H]1CC. The molecule has 6 nitrogen and oxygen atoms in total. The molecule has 1 aliphatic rings. The Bertz CT molecular complexity index is 675. The lowest BCUT2D eigenvalue weighted by molar-refractivity contribution is -0.139. The van der Waals surface area contributed by atoms with Gasteiger partial charge in [0.2, 0.25) is 0 Å². The van der Waals surface area contributed by atoms with Crippen LogP contribution in [-0.4, -0.2) is 43.1 Å². The molecule has 0 unspecified atom stereocenters. The van der Waals surface area contributed by atoms with Crippen molar-refractivity contribution in [2.45, 2.75) is 32.9 Å². The van der Waals surface area contributed by atoms with Crippen LogP contribution in [0.25, 0.3) is 0 Å². The molecule has 1 aliphatic heterocycles. The summed E-state index contributed by atoms with van der Waals surface area (Å²) in [6, 6.07) is 6.96. The molecule has 0 radical (unpaired) electrons. The number of likely N-dealkylation sites (N-methyl/N-ethyl adjacent to an activating group) is 1. The van der Waals surface area contributed by atoms with Crippen molar-refractivity contribution < 1.29 is 14.3 Å². The van der Waals surface area contributed by atoms with E-state index >= 15 is 0 Å². The molecule has 136 valence electrons. The number of rotatable bonds is 7.